The summed E-state index contributed by atoms with van der Waals surface area (Å²) in [7, 11) is 0. The summed E-state index contributed by atoms with van der Waals surface area (Å²) in [4.78, 5) is 4.38. The first-order chi connectivity index (χ1) is 7.27. The summed E-state index contributed by atoms with van der Waals surface area (Å²) in [6.07, 6.45) is 9.51. The highest BCUT2D eigenvalue weighted by molar-refractivity contribution is 4.92. The minimum Gasteiger partial charge on any atom is -0.335 e. The van der Waals surface area contributed by atoms with Crippen LogP contribution in [0.25, 0.3) is 0 Å². The van der Waals surface area contributed by atoms with E-state index in [9.17, 15) is 0 Å². The lowest BCUT2D eigenvalue weighted by atomic mass is 10.1. The number of imidazole rings is 1. The molecule has 86 valence electrons. The van der Waals surface area contributed by atoms with E-state index in [-0.39, 0.29) is 0 Å². The van der Waals surface area contributed by atoms with Crippen LogP contribution in [-0.2, 0) is 13.0 Å². The Bertz CT molecular complexity index is 268. The normalized spacial score (nSPS) is 13.0. The Hall–Kier alpha value is -0.830. The number of hydrogen-bond acceptors (Lipinski definition) is 2. The lowest BCUT2D eigenvalue weighted by Crippen LogP contribution is -2.18. The number of hydrogen-bond donors (Lipinski definition) is 1. The monoisotopic (exact) mass is 209 g/mol. The van der Waals surface area contributed by atoms with Gasteiger partial charge in [-0.25, -0.2) is 4.98 Å². The lowest BCUT2D eigenvalue weighted by Gasteiger charge is -2.09. The van der Waals surface area contributed by atoms with Gasteiger partial charge in [0.15, 0.2) is 0 Å². The molecule has 0 fully saturated rings. The molecule has 1 rings (SSSR count). The van der Waals surface area contributed by atoms with Crippen LogP contribution in [0.2, 0.25) is 0 Å². The Labute approximate surface area is 92.7 Å². The van der Waals surface area contributed by atoms with E-state index in [2.05, 4.69) is 29.6 Å². The third kappa shape index (κ3) is 4.04. The highest BCUT2D eigenvalue weighted by atomic mass is 15.1. The van der Waals surface area contributed by atoms with Crippen molar-refractivity contribution in [3.8, 4) is 0 Å². The van der Waals surface area contributed by atoms with Crippen molar-refractivity contribution in [2.45, 2.75) is 58.5 Å². The topological polar surface area (TPSA) is 43.8 Å². The predicted molar refractivity (Wildman–Crippen MR) is 63.7 cm³/mol. The van der Waals surface area contributed by atoms with E-state index >= 15 is 0 Å². The molecule has 0 aliphatic rings. The van der Waals surface area contributed by atoms with Crippen LogP contribution in [0.5, 0.6) is 0 Å². The Morgan fingerprint density at radius 3 is 2.93 bits per heavy atom. The third-order valence-corrected chi connectivity index (χ3v) is 2.77. The summed E-state index contributed by atoms with van der Waals surface area (Å²) in [5.41, 5.74) is 5.88. The average molecular weight is 209 g/mol. The molecule has 3 nitrogen and oxygen atoms in total. The van der Waals surface area contributed by atoms with Crippen LogP contribution in [0.3, 0.4) is 0 Å². The zero-order chi connectivity index (χ0) is 11.1. The molecule has 0 spiro atoms. The van der Waals surface area contributed by atoms with Gasteiger partial charge in [0, 0.05) is 31.4 Å². The molecular weight excluding hydrogens is 186 g/mol. The second kappa shape index (κ2) is 6.62. The van der Waals surface area contributed by atoms with Crippen molar-refractivity contribution in [2.75, 3.05) is 0 Å². The molecule has 0 amide bonds. The number of aryl methyl sites for hydroxylation is 2. The highest BCUT2D eigenvalue weighted by Crippen LogP contribution is 2.06. The molecule has 1 aromatic heterocycles. The molecule has 1 atom stereocenters. The van der Waals surface area contributed by atoms with Gasteiger partial charge in [0.1, 0.15) is 5.82 Å². The molecule has 0 aliphatic carbocycles. The summed E-state index contributed by atoms with van der Waals surface area (Å²) in [5.74, 6) is 1.21. The molecule has 0 radical (unpaired) electrons. The molecule has 3 heteroatoms. The Kier molecular flexibility index (Phi) is 5.40. The Morgan fingerprint density at radius 1 is 1.47 bits per heavy atom. The third-order valence-electron chi connectivity index (χ3n) is 2.77. The van der Waals surface area contributed by atoms with Gasteiger partial charge >= 0.3 is 0 Å². The molecule has 0 bridgehead atoms. The molecule has 0 aliphatic heterocycles. The molecule has 15 heavy (non-hydrogen) atoms. The number of rotatable bonds is 7. The van der Waals surface area contributed by atoms with Gasteiger partial charge in [0.25, 0.3) is 0 Å². The van der Waals surface area contributed by atoms with E-state index in [4.69, 9.17) is 5.73 Å². The van der Waals surface area contributed by atoms with Gasteiger partial charge in [-0.1, -0.05) is 13.8 Å². The summed E-state index contributed by atoms with van der Waals surface area (Å²) in [6, 6.07) is 0.361. The Morgan fingerprint density at radius 2 is 2.27 bits per heavy atom. The van der Waals surface area contributed by atoms with Crippen molar-refractivity contribution in [3.63, 3.8) is 0 Å². The second-order valence-electron chi connectivity index (χ2n) is 4.10. The molecule has 0 saturated heterocycles. The maximum atomic E-state index is 5.88. The first-order valence-electron chi connectivity index (χ1n) is 6.03. The van der Waals surface area contributed by atoms with E-state index in [1.54, 1.807) is 0 Å². The van der Waals surface area contributed by atoms with Crippen LogP contribution in [0.4, 0.5) is 0 Å². The molecule has 1 aromatic rings. The van der Waals surface area contributed by atoms with E-state index in [0.29, 0.717) is 6.04 Å². The largest absolute Gasteiger partial charge is 0.335 e. The van der Waals surface area contributed by atoms with Crippen LogP contribution in [-0.4, -0.2) is 15.6 Å². The zero-order valence-corrected chi connectivity index (χ0v) is 9.95. The van der Waals surface area contributed by atoms with E-state index < -0.39 is 0 Å². The lowest BCUT2D eigenvalue weighted by molar-refractivity contribution is 0.547. The van der Waals surface area contributed by atoms with Crippen LogP contribution < -0.4 is 5.73 Å². The maximum Gasteiger partial charge on any atom is 0.108 e. The van der Waals surface area contributed by atoms with E-state index in [1.807, 2.05) is 6.20 Å². The van der Waals surface area contributed by atoms with Crippen LogP contribution in [0.1, 0.15) is 45.4 Å². The van der Waals surface area contributed by atoms with Crippen molar-refractivity contribution >= 4 is 0 Å². The molecular formula is C12H23N3. The van der Waals surface area contributed by atoms with E-state index in [1.165, 1.54) is 5.82 Å². The Balaban J connectivity index is 2.33. The van der Waals surface area contributed by atoms with Crippen LogP contribution in [0.15, 0.2) is 12.4 Å². The summed E-state index contributed by atoms with van der Waals surface area (Å²) in [5, 5.41) is 0. The standard InChI is InChI=1S/C12H23N3/c1-3-9-15-10-8-14-12(15)7-5-6-11(13)4-2/h8,10-11H,3-7,9,13H2,1-2H3. The van der Waals surface area contributed by atoms with Gasteiger partial charge in [0.05, 0.1) is 0 Å². The average Bonchev–Trinajstić information content (AvgIpc) is 2.66. The SMILES string of the molecule is CCCn1ccnc1CCCC(N)CC. The van der Waals surface area contributed by atoms with Crippen LogP contribution in [0, 0.1) is 0 Å². The minimum absolute atomic E-state index is 0.361. The molecule has 1 unspecified atom stereocenters. The molecule has 0 aromatic carbocycles. The first-order valence-corrected chi connectivity index (χ1v) is 6.03. The van der Waals surface area contributed by atoms with E-state index in [0.717, 1.165) is 38.6 Å². The van der Waals surface area contributed by atoms with Crippen molar-refractivity contribution in [2.24, 2.45) is 5.73 Å². The van der Waals surface area contributed by atoms with Crippen molar-refractivity contribution in [1.29, 1.82) is 0 Å². The highest BCUT2D eigenvalue weighted by Gasteiger charge is 2.03. The van der Waals surface area contributed by atoms with Gasteiger partial charge in [-0.05, 0) is 25.7 Å². The molecule has 0 saturated carbocycles. The first kappa shape index (κ1) is 12.2. The number of nitrogens with zero attached hydrogens (tertiary/aromatic N) is 2. The fraction of sp³-hybridized carbons (Fsp3) is 0.750. The summed E-state index contributed by atoms with van der Waals surface area (Å²) >= 11 is 0. The van der Waals surface area contributed by atoms with Crippen molar-refractivity contribution in [1.82, 2.24) is 9.55 Å². The fourth-order valence-corrected chi connectivity index (χ4v) is 1.74. The van der Waals surface area contributed by atoms with Crippen LogP contribution >= 0.6 is 0 Å². The quantitative estimate of drug-likeness (QED) is 0.749. The smallest absolute Gasteiger partial charge is 0.108 e. The minimum atomic E-state index is 0.361. The van der Waals surface area contributed by atoms with Crippen molar-refractivity contribution < 1.29 is 0 Å². The van der Waals surface area contributed by atoms with Gasteiger partial charge in [-0.2, -0.15) is 0 Å². The zero-order valence-electron chi connectivity index (χ0n) is 9.95. The number of aromatic nitrogens is 2. The second-order valence-corrected chi connectivity index (χ2v) is 4.10. The van der Waals surface area contributed by atoms with Gasteiger partial charge < -0.3 is 10.3 Å². The maximum absolute atomic E-state index is 5.88. The van der Waals surface area contributed by atoms with Gasteiger partial charge in [-0.3, -0.25) is 0 Å². The fourth-order valence-electron chi connectivity index (χ4n) is 1.74. The van der Waals surface area contributed by atoms with Crippen molar-refractivity contribution in [3.05, 3.63) is 18.2 Å². The van der Waals surface area contributed by atoms with Gasteiger partial charge in [0.2, 0.25) is 0 Å². The summed E-state index contributed by atoms with van der Waals surface area (Å²) in [6.45, 7) is 5.41. The predicted octanol–water partition coefficient (Wildman–Crippen LogP) is 2.35. The number of nitrogens with two attached hydrogens (primary N) is 1. The molecule has 2 N–H and O–H groups in total. The van der Waals surface area contributed by atoms with Gasteiger partial charge in [-0.15, -0.1) is 0 Å². The summed E-state index contributed by atoms with van der Waals surface area (Å²) < 4.78 is 2.25. The molecule has 1 heterocycles.